The fourth-order valence-corrected chi connectivity index (χ4v) is 3.77. The second-order valence-corrected chi connectivity index (χ2v) is 6.59. The number of benzene rings is 1. The van der Waals surface area contributed by atoms with E-state index < -0.39 is 11.0 Å². The van der Waals surface area contributed by atoms with E-state index in [9.17, 15) is 14.9 Å². The Kier molecular flexibility index (Phi) is 5.63. The standard InChI is InChI=1S/C12H12N4O3S3/c1-20-10-9(11(21-2)22-15-10)14-12(17)13-7-4-3-5-8(6-7)16(18)19/h3-6H,1-2H3,(H2,13,14,17). The third-order valence-corrected chi connectivity index (χ3v) is 5.30. The summed E-state index contributed by atoms with van der Waals surface area (Å²) < 4.78 is 5.16. The molecule has 0 radical (unpaired) electrons. The van der Waals surface area contributed by atoms with E-state index in [1.54, 1.807) is 6.07 Å². The van der Waals surface area contributed by atoms with Crippen LogP contribution >= 0.6 is 35.1 Å². The van der Waals surface area contributed by atoms with Crippen molar-refractivity contribution in [2.75, 3.05) is 23.1 Å². The van der Waals surface area contributed by atoms with E-state index in [-0.39, 0.29) is 5.69 Å². The maximum Gasteiger partial charge on any atom is 0.323 e. The second-order valence-electron chi connectivity index (χ2n) is 3.94. The van der Waals surface area contributed by atoms with Crippen molar-refractivity contribution in [3.63, 3.8) is 0 Å². The summed E-state index contributed by atoms with van der Waals surface area (Å²) in [6.07, 6.45) is 3.78. The van der Waals surface area contributed by atoms with Crippen LogP contribution in [0.4, 0.5) is 21.9 Å². The zero-order chi connectivity index (χ0) is 16.1. The summed E-state index contributed by atoms with van der Waals surface area (Å²) in [4.78, 5) is 22.3. The molecule has 0 saturated carbocycles. The number of non-ortho nitro benzene ring substituents is 1. The summed E-state index contributed by atoms with van der Waals surface area (Å²) >= 11 is 4.25. The molecule has 2 rings (SSSR count). The fraction of sp³-hybridized carbons (Fsp3) is 0.167. The van der Waals surface area contributed by atoms with Crippen molar-refractivity contribution >= 4 is 58.1 Å². The summed E-state index contributed by atoms with van der Waals surface area (Å²) in [6, 6.07) is 5.30. The van der Waals surface area contributed by atoms with Crippen molar-refractivity contribution < 1.29 is 9.72 Å². The Bertz CT molecular complexity index is 683. The van der Waals surface area contributed by atoms with Crippen LogP contribution in [0.2, 0.25) is 0 Å². The Morgan fingerprint density at radius 1 is 1.32 bits per heavy atom. The van der Waals surface area contributed by atoms with E-state index in [1.165, 1.54) is 53.3 Å². The average Bonchev–Trinajstić information content (AvgIpc) is 2.89. The lowest BCUT2D eigenvalue weighted by molar-refractivity contribution is -0.384. The van der Waals surface area contributed by atoms with Gasteiger partial charge in [-0.3, -0.25) is 10.1 Å². The normalized spacial score (nSPS) is 10.3. The molecule has 0 aliphatic heterocycles. The molecule has 2 aromatic rings. The molecule has 7 nitrogen and oxygen atoms in total. The first-order chi connectivity index (χ1) is 10.5. The Morgan fingerprint density at radius 3 is 2.73 bits per heavy atom. The van der Waals surface area contributed by atoms with Crippen LogP contribution in [0.5, 0.6) is 0 Å². The lowest BCUT2D eigenvalue weighted by Gasteiger charge is -2.08. The number of aromatic nitrogens is 1. The summed E-state index contributed by atoms with van der Waals surface area (Å²) in [5.74, 6) is 0. The van der Waals surface area contributed by atoms with Gasteiger partial charge in [0.1, 0.15) is 14.9 Å². The topological polar surface area (TPSA) is 97.2 Å². The van der Waals surface area contributed by atoms with Crippen LogP contribution in [-0.4, -0.2) is 27.8 Å². The average molecular weight is 356 g/mol. The number of rotatable bonds is 5. The third kappa shape index (κ3) is 3.90. The maximum absolute atomic E-state index is 12.1. The van der Waals surface area contributed by atoms with Gasteiger partial charge in [-0.15, -0.1) is 23.5 Å². The molecule has 2 amide bonds. The number of hydrogen-bond donors (Lipinski definition) is 2. The number of hydrogen-bond acceptors (Lipinski definition) is 7. The molecule has 1 heterocycles. The first-order valence-electron chi connectivity index (χ1n) is 5.95. The monoisotopic (exact) mass is 356 g/mol. The maximum atomic E-state index is 12.1. The highest BCUT2D eigenvalue weighted by Crippen LogP contribution is 2.37. The number of carbonyl (C=O) groups is 1. The number of thioether (sulfide) groups is 2. The number of urea groups is 1. The molecule has 0 fully saturated rings. The Labute approximate surface area is 139 Å². The lowest BCUT2D eigenvalue weighted by atomic mass is 10.3. The Morgan fingerprint density at radius 2 is 2.09 bits per heavy atom. The van der Waals surface area contributed by atoms with Gasteiger partial charge in [0.15, 0.2) is 0 Å². The van der Waals surface area contributed by atoms with Crippen LogP contribution in [-0.2, 0) is 0 Å². The van der Waals surface area contributed by atoms with Crippen molar-refractivity contribution in [2.45, 2.75) is 9.24 Å². The van der Waals surface area contributed by atoms with Crippen molar-refractivity contribution in [3.8, 4) is 0 Å². The van der Waals surface area contributed by atoms with Gasteiger partial charge in [0.05, 0.1) is 4.92 Å². The van der Waals surface area contributed by atoms with Gasteiger partial charge in [-0.05, 0) is 30.1 Å². The molecular weight excluding hydrogens is 344 g/mol. The van der Waals surface area contributed by atoms with Crippen LogP contribution in [0.15, 0.2) is 33.5 Å². The molecule has 1 aromatic heterocycles. The largest absolute Gasteiger partial charge is 0.323 e. The zero-order valence-corrected chi connectivity index (χ0v) is 14.1. The number of nitro benzene ring substituents is 1. The molecule has 0 spiro atoms. The van der Waals surface area contributed by atoms with Gasteiger partial charge in [-0.1, -0.05) is 6.07 Å². The molecule has 0 atom stereocenters. The first-order valence-corrected chi connectivity index (χ1v) is 9.17. The van der Waals surface area contributed by atoms with Crippen LogP contribution in [0.1, 0.15) is 0 Å². The molecule has 0 saturated heterocycles. The van der Waals surface area contributed by atoms with Crippen LogP contribution in [0.25, 0.3) is 0 Å². The molecule has 0 aliphatic carbocycles. The molecule has 10 heteroatoms. The number of carbonyl (C=O) groups excluding carboxylic acids is 1. The van der Waals surface area contributed by atoms with Gasteiger partial charge in [0, 0.05) is 17.8 Å². The molecule has 22 heavy (non-hydrogen) atoms. The first kappa shape index (κ1) is 16.6. The van der Waals surface area contributed by atoms with E-state index >= 15 is 0 Å². The SMILES string of the molecule is CSc1nsc(SC)c1NC(=O)Nc1cccc([N+](=O)[O-])c1. The summed E-state index contributed by atoms with van der Waals surface area (Å²) in [5, 5.41) is 16.8. The van der Waals surface area contributed by atoms with Crippen molar-refractivity contribution in [3.05, 3.63) is 34.4 Å². The van der Waals surface area contributed by atoms with Gasteiger partial charge < -0.3 is 10.6 Å². The molecule has 2 N–H and O–H groups in total. The van der Waals surface area contributed by atoms with Crippen molar-refractivity contribution in [2.24, 2.45) is 0 Å². The Hall–Kier alpha value is -1.78. The molecule has 0 bridgehead atoms. The summed E-state index contributed by atoms with van der Waals surface area (Å²) in [5.41, 5.74) is 0.934. The van der Waals surface area contributed by atoms with Crippen LogP contribution < -0.4 is 10.6 Å². The van der Waals surface area contributed by atoms with E-state index in [1.807, 2.05) is 12.5 Å². The number of nitrogens with zero attached hydrogens (tertiary/aromatic N) is 2. The summed E-state index contributed by atoms with van der Waals surface area (Å²) in [7, 11) is 0. The molecule has 0 unspecified atom stereocenters. The molecule has 0 aliphatic rings. The fourth-order valence-electron chi connectivity index (χ4n) is 1.62. The van der Waals surface area contributed by atoms with Gasteiger partial charge >= 0.3 is 6.03 Å². The summed E-state index contributed by atoms with van der Waals surface area (Å²) in [6.45, 7) is 0. The zero-order valence-electron chi connectivity index (χ0n) is 11.7. The number of nitro groups is 1. The van der Waals surface area contributed by atoms with Crippen LogP contribution in [0.3, 0.4) is 0 Å². The predicted octanol–water partition coefficient (Wildman–Crippen LogP) is 4.14. The minimum absolute atomic E-state index is 0.0791. The van der Waals surface area contributed by atoms with Gasteiger partial charge in [-0.2, -0.15) is 4.37 Å². The van der Waals surface area contributed by atoms with Crippen LogP contribution in [0, 0.1) is 10.1 Å². The Balaban J connectivity index is 2.12. The molecular formula is C12H12N4O3S3. The predicted molar refractivity (Wildman–Crippen MR) is 91.4 cm³/mol. The van der Waals surface area contributed by atoms with E-state index in [2.05, 4.69) is 15.0 Å². The van der Waals surface area contributed by atoms with E-state index in [0.29, 0.717) is 11.4 Å². The van der Waals surface area contributed by atoms with Crippen molar-refractivity contribution in [1.82, 2.24) is 4.37 Å². The second kappa shape index (κ2) is 7.47. The minimum Gasteiger partial charge on any atom is -0.307 e. The molecule has 1 aromatic carbocycles. The van der Waals surface area contributed by atoms with Gasteiger partial charge in [0.25, 0.3) is 5.69 Å². The van der Waals surface area contributed by atoms with E-state index in [0.717, 1.165) is 9.24 Å². The minimum atomic E-state index is -0.510. The highest BCUT2D eigenvalue weighted by atomic mass is 32.2. The highest BCUT2D eigenvalue weighted by molar-refractivity contribution is 8.01. The highest BCUT2D eigenvalue weighted by Gasteiger charge is 2.16. The van der Waals surface area contributed by atoms with Gasteiger partial charge in [-0.25, -0.2) is 4.79 Å². The third-order valence-electron chi connectivity index (χ3n) is 2.56. The lowest BCUT2D eigenvalue weighted by Crippen LogP contribution is -2.19. The molecule has 116 valence electrons. The van der Waals surface area contributed by atoms with E-state index in [4.69, 9.17) is 0 Å². The van der Waals surface area contributed by atoms with Crippen molar-refractivity contribution in [1.29, 1.82) is 0 Å². The number of anilines is 2. The van der Waals surface area contributed by atoms with Gasteiger partial charge in [0.2, 0.25) is 0 Å². The quantitative estimate of drug-likeness (QED) is 0.475. The number of nitrogens with one attached hydrogen (secondary N) is 2. The number of amides is 2. The smallest absolute Gasteiger partial charge is 0.307 e.